The molecule has 1 aromatic heterocycles. The van der Waals surface area contributed by atoms with Gasteiger partial charge in [0.25, 0.3) is 0 Å². The Morgan fingerprint density at radius 2 is 2.05 bits per heavy atom. The summed E-state index contributed by atoms with van der Waals surface area (Å²) in [4.78, 5) is 11.3. The predicted molar refractivity (Wildman–Crippen MR) is 80.4 cm³/mol. The molecule has 0 bridgehead atoms. The van der Waals surface area contributed by atoms with Crippen molar-refractivity contribution < 1.29 is 0 Å². The van der Waals surface area contributed by atoms with Gasteiger partial charge in [-0.25, -0.2) is 9.97 Å². The highest BCUT2D eigenvalue weighted by Gasteiger charge is 2.23. The zero-order valence-electron chi connectivity index (χ0n) is 12.6. The van der Waals surface area contributed by atoms with Crippen LogP contribution in [0.2, 0.25) is 0 Å². The van der Waals surface area contributed by atoms with E-state index in [-0.39, 0.29) is 0 Å². The molecule has 1 heterocycles. The summed E-state index contributed by atoms with van der Waals surface area (Å²) >= 11 is 0. The predicted octanol–water partition coefficient (Wildman–Crippen LogP) is 3.20. The zero-order valence-corrected chi connectivity index (χ0v) is 12.6. The lowest BCUT2D eigenvalue weighted by atomic mass is 9.86. The third-order valence-corrected chi connectivity index (χ3v) is 4.08. The van der Waals surface area contributed by atoms with Crippen molar-refractivity contribution in [2.24, 2.45) is 5.92 Å². The molecule has 1 saturated carbocycles. The van der Waals surface area contributed by atoms with E-state index in [0.29, 0.717) is 17.8 Å². The van der Waals surface area contributed by atoms with Gasteiger partial charge in [0.2, 0.25) is 0 Å². The van der Waals surface area contributed by atoms with Gasteiger partial charge in [-0.1, -0.05) is 33.6 Å². The van der Waals surface area contributed by atoms with Gasteiger partial charge in [0.05, 0.1) is 0 Å². The van der Waals surface area contributed by atoms with Crippen LogP contribution in [0.1, 0.15) is 58.2 Å². The molecule has 2 rings (SSSR count). The maximum atomic E-state index is 5.91. The molecule has 2 unspecified atom stereocenters. The van der Waals surface area contributed by atoms with E-state index >= 15 is 0 Å². The molecule has 0 aliphatic heterocycles. The van der Waals surface area contributed by atoms with Crippen LogP contribution >= 0.6 is 0 Å². The number of nitrogens with zero attached hydrogens (tertiary/aromatic N) is 3. The average molecular weight is 262 g/mol. The summed E-state index contributed by atoms with van der Waals surface area (Å²) in [6.45, 7) is 6.54. The summed E-state index contributed by atoms with van der Waals surface area (Å²) in [5, 5.41) is 0. The molecule has 0 amide bonds. The minimum Gasteiger partial charge on any atom is -0.384 e. The minimum absolute atomic E-state index is 0.306. The van der Waals surface area contributed by atoms with Gasteiger partial charge in [-0.05, 0) is 18.8 Å². The van der Waals surface area contributed by atoms with Crippen LogP contribution < -0.4 is 10.6 Å². The third-order valence-electron chi connectivity index (χ3n) is 4.08. The Labute approximate surface area is 116 Å². The topological polar surface area (TPSA) is 55.0 Å². The molecule has 1 fully saturated rings. The maximum Gasteiger partial charge on any atom is 0.135 e. The van der Waals surface area contributed by atoms with Crippen molar-refractivity contribution in [3.05, 3.63) is 11.9 Å². The van der Waals surface area contributed by atoms with Gasteiger partial charge >= 0.3 is 0 Å². The zero-order chi connectivity index (χ0) is 14.0. The largest absolute Gasteiger partial charge is 0.384 e. The second kappa shape index (κ2) is 5.76. The summed E-state index contributed by atoms with van der Waals surface area (Å²) < 4.78 is 0. The molecule has 1 aromatic rings. The van der Waals surface area contributed by atoms with E-state index in [4.69, 9.17) is 5.73 Å². The normalized spacial score (nSPS) is 23.6. The molecular weight excluding hydrogens is 236 g/mol. The van der Waals surface area contributed by atoms with Crippen molar-refractivity contribution in [1.82, 2.24) is 9.97 Å². The van der Waals surface area contributed by atoms with Crippen LogP contribution in [-0.2, 0) is 0 Å². The van der Waals surface area contributed by atoms with Crippen molar-refractivity contribution in [3.8, 4) is 0 Å². The molecule has 2 atom stereocenters. The number of hydrogen-bond donors (Lipinski definition) is 1. The van der Waals surface area contributed by atoms with Gasteiger partial charge in [0.1, 0.15) is 17.5 Å². The Morgan fingerprint density at radius 3 is 2.68 bits per heavy atom. The van der Waals surface area contributed by atoms with Gasteiger partial charge in [-0.3, -0.25) is 0 Å². The molecule has 0 saturated heterocycles. The van der Waals surface area contributed by atoms with Gasteiger partial charge in [-0.2, -0.15) is 0 Å². The molecule has 2 N–H and O–H groups in total. The van der Waals surface area contributed by atoms with Crippen LogP contribution in [0.25, 0.3) is 0 Å². The summed E-state index contributed by atoms with van der Waals surface area (Å²) in [5.41, 5.74) is 5.91. The second-order valence-electron chi connectivity index (χ2n) is 6.20. The number of rotatable bonds is 3. The van der Waals surface area contributed by atoms with Gasteiger partial charge in [-0.15, -0.1) is 0 Å². The smallest absolute Gasteiger partial charge is 0.135 e. The SMILES string of the molecule is CC1CCCC(N(C)c2cc(N)nc(C(C)C)n2)C1. The lowest BCUT2D eigenvalue weighted by Gasteiger charge is -2.35. The Balaban J connectivity index is 2.20. The molecule has 106 valence electrons. The van der Waals surface area contributed by atoms with E-state index in [1.54, 1.807) is 0 Å². The fraction of sp³-hybridized carbons (Fsp3) is 0.733. The number of aromatic nitrogens is 2. The van der Waals surface area contributed by atoms with Gasteiger partial charge in [0, 0.05) is 25.1 Å². The molecule has 0 aromatic carbocycles. The van der Waals surface area contributed by atoms with Gasteiger partial charge < -0.3 is 10.6 Å². The van der Waals surface area contributed by atoms with Crippen LogP contribution in [0.5, 0.6) is 0 Å². The van der Waals surface area contributed by atoms with E-state index in [1.807, 2.05) is 6.07 Å². The summed E-state index contributed by atoms with van der Waals surface area (Å²) in [7, 11) is 2.13. The number of anilines is 2. The first kappa shape index (κ1) is 14.1. The van der Waals surface area contributed by atoms with Crippen LogP contribution in [0.3, 0.4) is 0 Å². The Bertz CT molecular complexity index is 430. The molecule has 1 aliphatic carbocycles. The second-order valence-corrected chi connectivity index (χ2v) is 6.20. The van der Waals surface area contributed by atoms with E-state index in [0.717, 1.165) is 17.6 Å². The number of nitrogen functional groups attached to an aromatic ring is 1. The van der Waals surface area contributed by atoms with Crippen LogP contribution in [0, 0.1) is 5.92 Å². The standard InChI is InChI=1S/C15H26N4/c1-10(2)15-17-13(16)9-14(18-15)19(4)12-7-5-6-11(3)8-12/h9-12H,5-8H2,1-4H3,(H2,16,17,18). The molecule has 1 aliphatic rings. The first-order valence-corrected chi connectivity index (χ1v) is 7.34. The van der Waals surface area contributed by atoms with E-state index in [1.165, 1.54) is 25.7 Å². The van der Waals surface area contributed by atoms with Gasteiger partial charge in [0.15, 0.2) is 0 Å². The molecule has 4 nitrogen and oxygen atoms in total. The van der Waals surface area contributed by atoms with Crippen molar-refractivity contribution >= 4 is 11.6 Å². The Kier molecular flexibility index (Phi) is 4.27. The fourth-order valence-electron chi connectivity index (χ4n) is 2.85. The van der Waals surface area contributed by atoms with E-state index in [2.05, 4.69) is 42.7 Å². The molecular formula is C15H26N4. The number of hydrogen-bond acceptors (Lipinski definition) is 4. The molecule has 0 radical (unpaired) electrons. The third kappa shape index (κ3) is 3.37. The summed E-state index contributed by atoms with van der Waals surface area (Å²) in [6, 6.07) is 2.48. The van der Waals surface area contributed by atoms with Crippen molar-refractivity contribution in [3.63, 3.8) is 0 Å². The van der Waals surface area contributed by atoms with E-state index in [9.17, 15) is 0 Å². The monoisotopic (exact) mass is 262 g/mol. The first-order valence-electron chi connectivity index (χ1n) is 7.34. The Hall–Kier alpha value is -1.32. The van der Waals surface area contributed by atoms with E-state index < -0.39 is 0 Å². The highest BCUT2D eigenvalue weighted by molar-refractivity contribution is 5.47. The molecule has 19 heavy (non-hydrogen) atoms. The quantitative estimate of drug-likeness (QED) is 0.909. The van der Waals surface area contributed by atoms with Crippen molar-refractivity contribution in [1.29, 1.82) is 0 Å². The molecule has 4 heteroatoms. The fourth-order valence-corrected chi connectivity index (χ4v) is 2.85. The highest BCUT2D eigenvalue weighted by atomic mass is 15.2. The van der Waals surface area contributed by atoms with Crippen LogP contribution in [-0.4, -0.2) is 23.1 Å². The molecule has 0 spiro atoms. The van der Waals surface area contributed by atoms with Crippen molar-refractivity contribution in [2.75, 3.05) is 17.7 Å². The number of nitrogens with two attached hydrogens (primary N) is 1. The van der Waals surface area contributed by atoms with Crippen molar-refractivity contribution in [2.45, 2.75) is 58.4 Å². The lowest BCUT2D eigenvalue weighted by molar-refractivity contribution is 0.335. The average Bonchev–Trinajstić information content (AvgIpc) is 2.37. The van der Waals surface area contributed by atoms with Crippen LogP contribution in [0.4, 0.5) is 11.6 Å². The lowest BCUT2D eigenvalue weighted by Crippen LogP contribution is -2.36. The summed E-state index contributed by atoms with van der Waals surface area (Å²) in [5.74, 6) is 3.50. The Morgan fingerprint density at radius 1 is 1.32 bits per heavy atom. The first-order chi connectivity index (χ1) is 8.97. The highest BCUT2D eigenvalue weighted by Crippen LogP contribution is 2.29. The minimum atomic E-state index is 0.306. The summed E-state index contributed by atoms with van der Waals surface area (Å²) in [6.07, 6.45) is 5.17. The van der Waals surface area contributed by atoms with Crippen LogP contribution in [0.15, 0.2) is 6.07 Å². The maximum absolute atomic E-state index is 5.91.